The summed E-state index contributed by atoms with van der Waals surface area (Å²) in [6.45, 7) is 5.55. The molecular weight excluding hydrogens is 110 g/mol. The van der Waals surface area contributed by atoms with Gasteiger partial charge >= 0.3 is 0 Å². The van der Waals surface area contributed by atoms with Crippen molar-refractivity contribution in [2.45, 2.75) is 26.3 Å². The van der Waals surface area contributed by atoms with E-state index < -0.39 is 0 Å². The van der Waals surface area contributed by atoms with Gasteiger partial charge in [-0.15, -0.1) is 11.6 Å². The van der Waals surface area contributed by atoms with Crippen LogP contribution in [0, 0.1) is 5.38 Å². The molecule has 43 valence electrons. The molecule has 0 bridgehead atoms. The normalized spacial score (nSPS) is 12.9. The lowest BCUT2D eigenvalue weighted by Gasteiger charge is -2.19. The van der Waals surface area contributed by atoms with Gasteiger partial charge in [0.2, 0.25) is 0 Å². The molecule has 0 aliphatic heterocycles. The van der Waals surface area contributed by atoms with Crippen LogP contribution in [0.2, 0.25) is 0 Å². The molecule has 0 aromatic carbocycles. The quantitative estimate of drug-likeness (QED) is 0.558. The van der Waals surface area contributed by atoms with Crippen molar-refractivity contribution in [3.63, 3.8) is 0 Å². The van der Waals surface area contributed by atoms with Crippen LogP contribution in [0.25, 0.3) is 0 Å². The highest BCUT2D eigenvalue weighted by atomic mass is 35.5. The van der Waals surface area contributed by atoms with Crippen molar-refractivity contribution >= 4 is 11.6 Å². The summed E-state index contributed by atoms with van der Waals surface area (Å²) < 4.78 is 0. The fourth-order valence-corrected chi connectivity index (χ4v) is 0. The van der Waals surface area contributed by atoms with Crippen LogP contribution in [0.4, 0.5) is 0 Å². The van der Waals surface area contributed by atoms with Crippen LogP contribution in [0.3, 0.4) is 0 Å². The lowest BCUT2D eigenvalue weighted by Crippen LogP contribution is -2.35. The van der Waals surface area contributed by atoms with Gasteiger partial charge in [0, 0.05) is 5.54 Å². The topological polar surface area (TPSA) is 26.0 Å². The van der Waals surface area contributed by atoms with Crippen LogP contribution < -0.4 is 5.73 Å². The molecule has 0 aromatic rings. The van der Waals surface area contributed by atoms with Gasteiger partial charge in [0.1, 0.15) is 0 Å². The minimum atomic E-state index is -0.318. The first-order valence-electron chi connectivity index (χ1n) is 2.23. The molecule has 0 aromatic heterocycles. The lowest BCUT2D eigenvalue weighted by molar-refractivity contribution is 0.583. The third-order valence-corrected chi connectivity index (χ3v) is 1.37. The molecule has 2 N–H and O–H groups in total. The summed E-state index contributed by atoms with van der Waals surface area (Å²) in [6, 6.07) is 0. The average molecular weight is 121 g/mol. The minimum Gasteiger partial charge on any atom is -0.324 e. The standard InChI is InChI=1S/C5H11ClN/c1-4(6)5(2,3)7/h7H2,1-3H3. The monoisotopic (exact) mass is 120 g/mol. The zero-order chi connectivity index (χ0) is 6.08. The second-order valence-corrected chi connectivity index (χ2v) is 2.82. The maximum absolute atomic E-state index is 5.55. The summed E-state index contributed by atoms with van der Waals surface area (Å²) in [6.07, 6.45) is 0. The Kier molecular flexibility index (Phi) is 2.09. The number of hydrogen-bond acceptors (Lipinski definition) is 1. The SMILES string of the molecule is C[C](Cl)C(C)(C)N. The van der Waals surface area contributed by atoms with Crippen molar-refractivity contribution in [2.75, 3.05) is 0 Å². The number of halogens is 1. The molecule has 0 heterocycles. The molecular formula is C5H11ClN. The van der Waals surface area contributed by atoms with Gasteiger partial charge in [0.25, 0.3) is 0 Å². The third-order valence-electron chi connectivity index (χ3n) is 0.888. The highest BCUT2D eigenvalue weighted by Crippen LogP contribution is 2.18. The van der Waals surface area contributed by atoms with Gasteiger partial charge < -0.3 is 5.73 Å². The summed E-state index contributed by atoms with van der Waals surface area (Å²) in [5, 5.41) is 0.743. The molecule has 2 heteroatoms. The predicted molar refractivity (Wildman–Crippen MR) is 33.0 cm³/mol. The second-order valence-electron chi connectivity index (χ2n) is 2.26. The first kappa shape index (κ1) is 7.25. The predicted octanol–water partition coefficient (Wildman–Crippen LogP) is 1.51. The van der Waals surface area contributed by atoms with Gasteiger partial charge in [-0.05, 0) is 20.8 Å². The van der Waals surface area contributed by atoms with Gasteiger partial charge in [-0.2, -0.15) is 0 Å². The summed E-state index contributed by atoms with van der Waals surface area (Å²) in [5.41, 5.74) is 5.19. The Balaban J connectivity index is 3.54. The summed E-state index contributed by atoms with van der Waals surface area (Å²) >= 11 is 5.55. The molecule has 0 aliphatic carbocycles. The number of rotatable bonds is 1. The third kappa shape index (κ3) is 2.89. The fourth-order valence-electron chi connectivity index (χ4n) is 0. The molecule has 7 heavy (non-hydrogen) atoms. The molecule has 0 amide bonds. The Morgan fingerprint density at radius 1 is 1.57 bits per heavy atom. The minimum absolute atomic E-state index is 0.318. The number of hydrogen-bond donors (Lipinski definition) is 1. The highest BCUT2D eigenvalue weighted by molar-refractivity contribution is 6.27. The van der Waals surface area contributed by atoms with E-state index >= 15 is 0 Å². The van der Waals surface area contributed by atoms with Crippen molar-refractivity contribution in [1.29, 1.82) is 0 Å². The summed E-state index contributed by atoms with van der Waals surface area (Å²) in [4.78, 5) is 0. The van der Waals surface area contributed by atoms with Crippen molar-refractivity contribution < 1.29 is 0 Å². The van der Waals surface area contributed by atoms with E-state index in [0.29, 0.717) is 0 Å². The van der Waals surface area contributed by atoms with Crippen molar-refractivity contribution in [3.05, 3.63) is 5.38 Å². The van der Waals surface area contributed by atoms with Crippen LogP contribution >= 0.6 is 11.6 Å². The van der Waals surface area contributed by atoms with Crippen LogP contribution in [0.5, 0.6) is 0 Å². The summed E-state index contributed by atoms with van der Waals surface area (Å²) in [5.74, 6) is 0. The molecule has 0 unspecified atom stereocenters. The molecule has 1 nitrogen and oxygen atoms in total. The lowest BCUT2D eigenvalue weighted by atomic mass is 10.0. The Labute approximate surface area is 49.8 Å². The molecule has 0 saturated carbocycles. The molecule has 0 atom stereocenters. The second kappa shape index (κ2) is 2.01. The van der Waals surface area contributed by atoms with Crippen LogP contribution in [-0.2, 0) is 0 Å². The Hall–Kier alpha value is 0.250. The zero-order valence-corrected chi connectivity index (χ0v) is 5.71. The van der Waals surface area contributed by atoms with Gasteiger partial charge in [-0.25, -0.2) is 0 Å². The van der Waals surface area contributed by atoms with E-state index in [0.717, 1.165) is 5.38 Å². The Morgan fingerprint density at radius 3 is 1.71 bits per heavy atom. The highest BCUT2D eigenvalue weighted by Gasteiger charge is 2.17. The van der Waals surface area contributed by atoms with E-state index in [1.54, 1.807) is 0 Å². The fraction of sp³-hybridized carbons (Fsp3) is 0.800. The van der Waals surface area contributed by atoms with Crippen molar-refractivity contribution in [2.24, 2.45) is 5.73 Å². The zero-order valence-electron chi connectivity index (χ0n) is 4.96. The first-order valence-corrected chi connectivity index (χ1v) is 2.61. The van der Waals surface area contributed by atoms with Crippen molar-refractivity contribution in [1.82, 2.24) is 0 Å². The van der Waals surface area contributed by atoms with E-state index in [4.69, 9.17) is 17.3 Å². The number of nitrogens with two attached hydrogens (primary N) is 1. The molecule has 0 saturated heterocycles. The van der Waals surface area contributed by atoms with Crippen molar-refractivity contribution in [3.8, 4) is 0 Å². The summed E-state index contributed by atoms with van der Waals surface area (Å²) in [7, 11) is 0. The molecule has 0 spiro atoms. The van der Waals surface area contributed by atoms with Gasteiger partial charge in [-0.3, -0.25) is 0 Å². The molecule has 1 radical (unpaired) electrons. The average Bonchev–Trinajstić information content (AvgIpc) is 1.31. The maximum Gasteiger partial charge on any atom is 0.0797 e. The van der Waals surface area contributed by atoms with Crippen LogP contribution in [-0.4, -0.2) is 5.54 Å². The van der Waals surface area contributed by atoms with Crippen LogP contribution in [0.15, 0.2) is 0 Å². The Morgan fingerprint density at radius 2 is 1.71 bits per heavy atom. The van der Waals surface area contributed by atoms with E-state index in [1.807, 2.05) is 20.8 Å². The van der Waals surface area contributed by atoms with Gasteiger partial charge in [0.15, 0.2) is 0 Å². The molecule has 0 fully saturated rings. The first-order chi connectivity index (χ1) is 2.94. The van der Waals surface area contributed by atoms with Crippen LogP contribution in [0.1, 0.15) is 20.8 Å². The van der Waals surface area contributed by atoms with E-state index in [9.17, 15) is 0 Å². The van der Waals surface area contributed by atoms with E-state index in [-0.39, 0.29) is 5.54 Å². The Bertz CT molecular complexity index is 53.6. The maximum atomic E-state index is 5.55. The molecule has 0 aliphatic rings. The largest absolute Gasteiger partial charge is 0.324 e. The smallest absolute Gasteiger partial charge is 0.0797 e. The van der Waals surface area contributed by atoms with E-state index in [1.165, 1.54) is 0 Å². The van der Waals surface area contributed by atoms with Gasteiger partial charge in [0.05, 0.1) is 5.38 Å². The van der Waals surface area contributed by atoms with E-state index in [2.05, 4.69) is 0 Å². The molecule has 0 rings (SSSR count). The van der Waals surface area contributed by atoms with Gasteiger partial charge in [-0.1, -0.05) is 0 Å².